The molecule has 0 saturated carbocycles. The Bertz CT molecular complexity index is 831. The van der Waals surface area contributed by atoms with Crippen molar-refractivity contribution in [2.45, 2.75) is 63.6 Å². The van der Waals surface area contributed by atoms with Gasteiger partial charge in [-0.05, 0) is 68.8 Å². The molecular weight excluding hydrogens is 416 g/mol. The number of nitrogens with one attached hydrogen (secondary N) is 2. The number of hydrogen-bond acceptors (Lipinski definition) is 4. The molecule has 2 N–H and O–H groups in total. The maximum Gasteiger partial charge on any atom is 0.325 e. The highest BCUT2D eigenvalue weighted by Crippen LogP contribution is 2.30. The van der Waals surface area contributed by atoms with Gasteiger partial charge in [-0.25, -0.2) is 4.79 Å². The topological polar surface area (TPSA) is 81.8 Å². The Labute approximate surface area is 188 Å². The van der Waals surface area contributed by atoms with Gasteiger partial charge in [0.25, 0.3) is 5.91 Å². The predicted octanol–water partition coefficient (Wildman–Crippen LogP) is 2.92. The Morgan fingerprint density at radius 1 is 1.16 bits per heavy atom. The predicted molar refractivity (Wildman–Crippen MR) is 119 cm³/mol. The van der Waals surface area contributed by atoms with Crippen molar-refractivity contribution in [1.82, 2.24) is 20.4 Å². The van der Waals surface area contributed by atoms with Crippen LogP contribution < -0.4 is 10.6 Å². The molecule has 0 radical (unpaired) electrons. The van der Waals surface area contributed by atoms with Gasteiger partial charge in [0, 0.05) is 24.0 Å². The summed E-state index contributed by atoms with van der Waals surface area (Å²) in [6.07, 6.45) is 6.68. The van der Waals surface area contributed by atoms with Crippen molar-refractivity contribution in [3.05, 3.63) is 34.9 Å². The van der Waals surface area contributed by atoms with Crippen LogP contribution >= 0.6 is 11.6 Å². The van der Waals surface area contributed by atoms with E-state index in [1.54, 1.807) is 18.2 Å². The second-order valence-corrected chi connectivity index (χ2v) is 9.34. The van der Waals surface area contributed by atoms with Crippen molar-refractivity contribution in [3.8, 4) is 0 Å². The lowest BCUT2D eigenvalue weighted by Gasteiger charge is -2.44. The zero-order chi connectivity index (χ0) is 21.8. The number of hydrogen-bond donors (Lipinski definition) is 2. The Hall–Kier alpha value is -2.12. The molecule has 8 heteroatoms. The Kier molecular flexibility index (Phi) is 7.13. The lowest BCUT2D eigenvalue weighted by atomic mass is 9.83. The van der Waals surface area contributed by atoms with Crippen LogP contribution in [0.2, 0.25) is 5.02 Å². The molecule has 0 spiro atoms. The number of carbonyl (C=O) groups is 3. The molecule has 0 aromatic heterocycles. The first-order valence-corrected chi connectivity index (χ1v) is 11.8. The van der Waals surface area contributed by atoms with Gasteiger partial charge in [0.15, 0.2) is 0 Å². The first kappa shape index (κ1) is 22.1. The van der Waals surface area contributed by atoms with Crippen molar-refractivity contribution in [2.75, 3.05) is 19.6 Å². The summed E-state index contributed by atoms with van der Waals surface area (Å²) in [4.78, 5) is 41.1. The molecule has 7 nitrogen and oxygen atoms in total. The fourth-order valence-electron chi connectivity index (χ4n) is 5.16. The minimum absolute atomic E-state index is 0.0525. The van der Waals surface area contributed by atoms with E-state index in [0.717, 1.165) is 12.0 Å². The molecule has 1 aromatic carbocycles. The number of carbonyl (C=O) groups excluding carboxylic acids is 3. The van der Waals surface area contributed by atoms with Crippen LogP contribution in [0.4, 0.5) is 4.79 Å². The summed E-state index contributed by atoms with van der Waals surface area (Å²) in [6, 6.07) is 6.62. The first-order valence-electron chi connectivity index (χ1n) is 11.4. The van der Waals surface area contributed by atoms with E-state index in [9.17, 15) is 14.4 Å². The zero-order valence-electron chi connectivity index (χ0n) is 17.8. The molecule has 31 heavy (non-hydrogen) atoms. The number of nitrogens with zero attached hydrogens (tertiary/aromatic N) is 2. The van der Waals surface area contributed by atoms with Crippen molar-refractivity contribution >= 4 is 29.4 Å². The van der Waals surface area contributed by atoms with Crippen LogP contribution in [0.15, 0.2) is 24.3 Å². The van der Waals surface area contributed by atoms with E-state index in [4.69, 9.17) is 11.6 Å². The summed E-state index contributed by atoms with van der Waals surface area (Å²) in [5, 5.41) is 6.34. The van der Waals surface area contributed by atoms with E-state index in [-0.39, 0.29) is 24.8 Å². The van der Waals surface area contributed by atoms with E-state index in [1.807, 2.05) is 6.07 Å². The number of urea groups is 1. The molecule has 3 aliphatic heterocycles. The number of amides is 4. The second kappa shape index (κ2) is 10.0. The summed E-state index contributed by atoms with van der Waals surface area (Å²) in [5.74, 6) is 0.171. The highest BCUT2D eigenvalue weighted by molar-refractivity contribution is 6.30. The molecule has 168 valence electrons. The third kappa shape index (κ3) is 5.39. The quantitative estimate of drug-likeness (QED) is 0.631. The largest absolute Gasteiger partial charge is 0.356 e. The summed E-state index contributed by atoms with van der Waals surface area (Å²) in [7, 11) is 0. The lowest BCUT2D eigenvalue weighted by Crippen LogP contribution is -2.51. The summed E-state index contributed by atoms with van der Waals surface area (Å²) >= 11 is 5.99. The number of benzene rings is 1. The van der Waals surface area contributed by atoms with Gasteiger partial charge in [0.2, 0.25) is 5.91 Å². The third-order valence-corrected chi connectivity index (χ3v) is 7.02. The molecule has 3 aliphatic rings. The van der Waals surface area contributed by atoms with Gasteiger partial charge in [0.05, 0.1) is 6.54 Å². The second-order valence-electron chi connectivity index (χ2n) is 8.90. The molecule has 3 fully saturated rings. The van der Waals surface area contributed by atoms with Crippen LogP contribution in [0.25, 0.3) is 0 Å². The van der Waals surface area contributed by atoms with Gasteiger partial charge < -0.3 is 15.5 Å². The minimum Gasteiger partial charge on any atom is -0.356 e. The Balaban J connectivity index is 1.23. The van der Waals surface area contributed by atoms with Gasteiger partial charge in [-0.1, -0.05) is 30.2 Å². The van der Waals surface area contributed by atoms with E-state index in [2.05, 4.69) is 15.5 Å². The number of halogens is 1. The fourth-order valence-corrected chi connectivity index (χ4v) is 5.38. The summed E-state index contributed by atoms with van der Waals surface area (Å²) in [6.45, 7) is 3.24. The molecule has 3 atom stereocenters. The van der Waals surface area contributed by atoms with Gasteiger partial charge in [-0.3, -0.25) is 14.5 Å². The normalized spacial score (nSPS) is 26.5. The van der Waals surface area contributed by atoms with E-state index in [0.29, 0.717) is 29.9 Å². The molecule has 3 heterocycles. The fraction of sp³-hybridized carbons (Fsp3) is 0.609. The van der Waals surface area contributed by atoms with Crippen LogP contribution in [0.3, 0.4) is 0 Å². The molecule has 3 saturated heterocycles. The van der Waals surface area contributed by atoms with E-state index in [1.165, 1.54) is 43.7 Å². The highest BCUT2D eigenvalue weighted by Gasteiger charge is 2.38. The van der Waals surface area contributed by atoms with Gasteiger partial charge >= 0.3 is 6.03 Å². The zero-order valence-corrected chi connectivity index (χ0v) is 18.6. The molecule has 0 bridgehead atoms. The van der Waals surface area contributed by atoms with Gasteiger partial charge in [-0.15, -0.1) is 0 Å². The molecule has 1 aromatic rings. The van der Waals surface area contributed by atoms with Crippen molar-refractivity contribution in [2.24, 2.45) is 5.92 Å². The van der Waals surface area contributed by atoms with Crippen LogP contribution in [0.1, 0.15) is 50.5 Å². The number of fused-ring (bicyclic) bond motifs is 1. The molecule has 4 amide bonds. The van der Waals surface area contributed by atoms with Crippen LogP contribution in [-0.2, 0) is 16.1 Å². The summed E-state index contributed by atoms with van der Waals surface area (Å²) < 4.78 is 0. The van der Waals surface area contributed by atoms with E-state index >= 15 is 0 Å². The third-order valence-electron chi connectivity index (χ3n) is 6.79. The first-order chi connectivity index (χ1) is 15.0. The smallest absolute Gasteiger partial charge is 0.325 e. The van der Waals surface area contributed by atoms with Crippen molar-refractivity contribution in [3.63, 3.8) is 0 Å². The maximum atomic E-state index is 12.7. The number of imide groups is 1. The molecule has 3 unspecified atom stereocenters. The average Bonchev–Trinajstić information content (AvgIpc) is 3.04. The molecular formula is C23H31ClN4O3. The summed E-state index contributed by atoms with van der Waals surface area (Å²) in [5.41, 5.74) is 0.790. The standard InChI is InChI=1S/C23H31ClN4O3/c24-18-7-3-5-16(13-18)15-28-22(30)19(26-23(28)31)9-10-21(29)25-14-17-6-4-12-27-11-2-1-8-20(17)27/h3,5,7,13,17,19-20H,1-2,4,6,8-12,14-15H2,(H,25,29)(H,26,31). The SMILES string of the molecule is O=C(CCC1NC(=O)N(Cc2cccc(Cl)c2)C1=O)NCC1CCCN2CCCCC12. The number of rotatable bonds is 7. The maximum absolute atomic E-state index is 12.7. The Morgan fingerprint density at radius 3 is 2.84 bits per heavy atom. The van der Waals surface area contributed by atoms with E-state index < -0.39 is 12.1 Å². The van der Waals surface area contributed by atoms with Gasteiger partial charge in [0.1, 0.15) is 6.04 Å². The monoisotopic (exact) mass is 446 g/mol. The molecule has 0 aliphatic carbocycles. The highest BCUT2D eigenvalue weighted by atomic mass is 35.5. The molecule has 4 rings (SSSR count). The van der Waals surface area contributed by atoms with Crippen LogP contribution in [-0.4, -0.2) is 59.4 Å². The average molecular weight is 447 g/mol. The van der Waals surface area contributed by atoms with Gasteiger partial charge in [-0.2, -0.15) is 0 Å². The van der Waals surface area contributed by atoms with Crippen LogP contribution in [0, 0.1) is 5.92 Å². The Morgan fingerprint density at radius 2 is 2.00 bits per heavy atom. The van der Waals surface area contributed by atoms with Crippen LogP contribution in [0.5, 0.6) is 0 Å². The minimum atomic E-state index is -0.652. The number of piperidine rings is 2. The van der Waals surface area contributed by atoms with Crippen molar-refractivity contribution < 1.29 is 14.4 Å². The van der Waals surface area contributed by atoms with Crippen molar-refractivity contribution in [1.29, 1.82) is 0 Å². The lowest BCUT2D eigenvalue weighted by molar-refractivity contribution is -0.128.